The van der Waals surface area contributed by atoms with Gasteiger partial charge in [-0.05, 0) is 19.8 Å². The molecule has 3 aliphatic rings. The molecule has 0 aliphatic carbocycles. The molecule has 2 aromatic rings. The van der Waals surface area contributed by atoms with Crippen molar-refractivity contribution in [3.8, 4) is 11.3 Å². The van der Waals surface area contributed by atoms with Crippen LogP contribution in [0.1, 0.15) is 18.9 Å². The van der Waals surface area contributed by atoms with Crippen molar-refractivity contribution in [3.05, 3.63) is 18.0 Å². The summed E-state index contributed by atoms with van der Waals surface area (Å²) in [6.45, 7) is 5.20. The van der Waals surface area contributed by atoms with Crippen LogP contribution in [0.3, 0.4) is 0 Å². The molecule has 37 heavy (non-hydrogen) atoms. The number of amides is 1. The SMILES string of the molecule is C[C@]1(N2CCc3c(-c4cnc(N)nc4)nc(N4CCOCC4)nc32)CCN(C(=O)[C@@H](N)C(F)(F)F)C1.Cl. The molecule has 0 bridgehead atoms. The Balaban J connectivity index is 0.00000320. The van der Waals surface area contributed by atoms with E-state index in [1.807, 2.05) is 11.8 Å². The third kappa shape index (κ3) is 5.09. The number of nitrogens with zero attached hydrogens (tertiary/aromatic N) is 7. The van der Waals surface area contributed by atoms with Gasteiger partial charge in [-0.15, -0.1) is 12.4 Å². The van der Waals surface area contributed by atoms with Gasteiger partial charge in [-0.1, -0.05) is 0 Å². The number of nitrogens with two attached hydrogens (primary N) is 2. The molecule has 5 heterocycles. The van der Waals surface area contributed by atoms with E-state index < -0.39 is 23.7 Å². The number of carbonyl (C=O) groups excluding carboxylic acids is 1. The quantitative estimate of drug-likeness (QED) is 0.574. The molecular weight excluding hydrogens is 515 g/mol. The maximum atomic E-state index is 13.1. The number of likely N-dealkylation sites (tertiary alicyclic amines) is 1. The smallest absolute Gasteiger partial charge is 0.378 e. The minimum Gasteiger partial charge on any atom is -0.378 e. The first-order valence-electron chi connectivity index (χ1n) is 11.8. The standard InChI is InChI=1S/C22H28F3N9O2.ClH/c1-21(3-5-33(12-21)18(35)16(26)22(23,24)25)34-4-2-14-15(13-10-28-19(27)29-11-13)30-20(31-17(14)34)32-6-8-36-9-7-32;/h10-11,16H,2-9,12,26H2,1H3,(H2,27,28,29);1H/t16-,21+;/m1./s1. The van der Waals surface area contributed by atoms with Crippen molar-refractivity contribution in [2.24, 2.45) is 5.73 Å². The minimum absolute atomic E-state index is 0. The first-order chi connectivity index (χ1) is 17.1. The molecule has 0 unspecified atom stereocenters. The molecule has 2 saturated heterocycles. The fraction of sp³-hybridized carbons (Fsp3) is 0.591. The summed E-state index contributed by atoms with van der Waals surface area (Å²) in [4.78, 5) is 35.8. The van der Waals surface area contributed by atoms with Gasteiger partial charge in [0, 0.05) is 56.2 Å². The monoisotopic (exact) mass is 543 g/mol. The predicted octanol–water partition coefficient (Wildman–Crippen LogP) is 1.02. The molecule has 0 aromatic carbocycles. The third-order valence-electron chi connectivity index (χ3n) is 7.09. The lowest BCUT2D eigenvalue weighted by molar-refractivity contribution is -0.169. The van der Waals surface area contributed by atoms with E-state index in [1.54, 1.807) is 12.4 Å². The third-order valence-corrected chi connectivity index (χ3v) is 7.09. The van der Waals surface area contributed by atoms with Crippen LogP contribution in [0.5, 0.6) is 0 Å². The summed E-state index contributed by atoms with van der Waals surface area (Å²) < 4.78 is 44.7. The second kappa shape index (κ2) is 10.1. The van der Waals surface area contributed by atoms with E-state index >= 15 is 0 Å². The van der Waals surface area contributed by atoms with E-state index in [4.69, 9.17) is 26.2 Å². The number of aromatic nitrogens is 4. The molecule has 5 rings (SSSR count). The van der Waals surface area contributed by atoms with Crippen LogP contribution in [0.15, 0.2) is 12.4 Å². The molecule has 11 nitrogen and oxygen atoms in total. The zero-order chi connectivity index (χ0) is 25.7. The normalized spacial score (nSPS) is 22.6. The Morgan fingerprint density at radius 1 is 1.14 bits per heavy atom. The molecule has 202 valence electrons. The Bertz CT molecular complexity index is 1150. The van der Waals surface area contributed by atoms with Crippen LogP contribution >= 0.6 is 12.4 Å². The summed E-state index contributed by atoms with van der Waals surface area (Å²) in [7, 11) is 0. The van der Waals surface area contributed by atoms with E-state index in [1.165, 1.54) is 4.90 Å². The average Bonchev–Trinajstić information content (AvgIpc) is 3.48. The van der Waals surface area contributed by atoms with Crippen molar-refractivity contribution < 1.29 is 22.7 Å². The van der Waals surface area contributed by atoms with Crippen molar-refractivity contribution in [1.29, 1.82) is 0 Å². The summed E-state index contributed by atoms with van der Waals surface area (Å²) >= 11 is 0. The number of rotatable bonds is 4. The van der Waals surface area contributed by atoms with Crippen LogP contribution in [0, 0.1) is 0 Å². The molecule has 0 spiro atoms. The number of hydrogen-bond acceptors (Lipinski definition) is 10. The summed E-state index contributed by atoms with van der Waals surface area (Å²) in [6.07, 6.45) is -0.434. The summed E-state index contributed by atoms with van der Waals surface area (Å²) in [5.74, 6) is 0.279. The highest BCUT2D eigenvalue weighted by Gasteiger charge is 2.49. The summed E-state index contributed by atoms with van der Waals surface area (Å²) in [5.41, 5.74) is 12.6. The van der Waals surface area contributed by atoms with Gasteiger partial charge in [0.25, 0.3) is 0 Å². The molecule has 2 aromatic heterocycles. The Kier molecular flexibility index (Phi) is 7.36. The average molecular weight is 544 g/mol. The number of halogens is 4. The lowest BCUT2D eigenvalue weighted by atomic mass is 9.99. The molecule has 4 N–H and O–H groups in total. The lowest BCUT2D eigenvalue weighted by Gasteiger charge is -2.37. The maximum Gasteiger partial charge on any atom is 0.412 e. The van der Waals surface area contributed by atoms with Crippen LogP contribution < -0.4 is 21.3 Å². The second-order valence-electron chi connectivity index (χ2n) is 9.53. The number of hydrogen-bond donors (Lipinski definition) is 2. The van der Waals surface area contributed by atoms with Crippen molar-refractivity contribution >= 4 is 36.0 Å². The highest BCUT2D eigenvalue weighted by atomic mass is 35.5. The van der Waals surface area contributed by atoms with Gasteiger partial charge in [0.05, 0.1) is 24.4 Å². The first kappa shape index (κ1) is 27.1. The molecule has 1 amide bonds. The van der Waals surface area contributed by atoms with Gasteiger partial charge in [-0.25, -0.2) is 15.0 Å². The van der Waals surface area contributed by atoms with Crippen LogP contribution in [0.4, 0.5) is 30.9 Å². The molecule has 0 radical (unpaired) electrons. The van der Waals surface area contributed by atoms with E-state index in [9.17, 15) is 18.0 Å². The van der Waals surface area contributed by atoms with E-state index in [-0.39, 0.29) is 31.4 Å². The Hall–Kier alpha value is -2.97. The Morgan fingerprint density at radius 3 is 2.46 bits per heavy atom. The minimum atomic E-state index is -4.79. The predicted molar refractivity (Wildman–Crippen MR) is 132 cm³/mol. The zero-order valence-corrected chi connectivity index (χ0v) is 21.1. The fourth-order valence-corrected chi connectivity index (χ4v) is 5.06. The second-order valence-corrected chi connectivity index (χ2v) is 9.53. The van der Waals surface area contributed by atoms with Gasteiger partial charge in [0.2, 0.25) is 17.8 Å². The topological polar surface area (TPSA) is 140 Å². The van der Waals surface area contributed by atoms with Gasteiger partial charge in [0.1, 0.15) is 5.82 Å². The zero-order valence-electron chi connectivity index (χ0n) is 20.2. The molecule has 3 aliphatic heterocycles. The van der Waals surface area contributed by atoms with E-state index in [0.29, 0.717) is 68.7 Å². The first-order valence-corrected chi connectivity index (χ1v) is 11.8. The van der Waals surface area contributed by atoms with Gasteiger partial charge < -0.3 is 30.9 Å². The lowest BCUT2D eigenvalue weighted by Crippen LogP contribution is -2.54. The van der Waals surface area contributed by atoms with E-state index in [0.717, 1.165) is 5.56 Å². The number of nitrogen functional groups attached to an aromatic ring is 1. The van der Waals surface area contributed by atoms with Crippen molar-refractivity contribution in [2.75, 3.05) is 61.5 Å². The highest BCUT2D eigenvalue weighted by molar-refractivity contribution is 5.85. The Morgan fingerprint density at radius 2 is 1.81 bits per heavy atom. The van der Waals surface area contributed by atoms with Gasteiger partial charge >= 0.3 is 6.18 Å². The molecule has 15 heteroatoms. The number of carbonyl (C=O) groups is 1. The molecular formula is C22H29ClF3N9O2. The number of fused-ring (bicyclic) bond motifs is 1. The number of anilines is 3. The summed E-state index contributed by atoms with van der Waals surface area (Å²) in [6, 6.07) is -2.53. The van der Waals surface area contributed by atoms with Gasteiger partial charge in [-0.2, -0.15) is 18.2 Å². The van der Waals surface area contributed by atoms with Gasteiger partial charge in [0.15, 0.2) is 6.04 Å². The van der Waals surface area contributed by atoms with Crippen LogP contribution in [-0.4, -0.2) is 94.4 Å². The number of morpholine rings is 1. The highest BCUT2D eigenvalue weighted by Crippen LogP contribution is 2.41. The van der Waals surface area contributed by atoms with E-state index in [2.05, 4.69) is 14.9 Å². The molecule has 2 atom stereocenters. The van der Waals surface area contributed by atoms with Crippen LogP contribution in [-0.2, 0) is 16.0 Å². The number of ether oxygens (including phenoxy) is 1. The Labute approximate surface area is 217 Å². The largest absolute Gasteiger partial charge is 0.412 e. The van der Waals surface area contributed by atoms with Crippen molar-refractivity contribution in [1.82, 2.24) is 24.8 Å². The fourth-order valence-electron chi connectivity index (χ4n) is 5.06. The molecule has 2 fully saturated rings. The maximum absolute atomic E-state index is 13.1. The molecule has 0 saturated carbocycles. The van der Waals surface area contributed by atoms with Gasteiger partial charge in [-0.3, -0.25) is 4.79 Å². The number of alkyl halides is 3. The van der Waals surface area contributed by atoms with Crippen molar-refractivity contribution in [2.45, 2.75) is 37.5 Å². The van der Waals surface area contributed by atoms with Crippen molar-refractivity contribution in [3.63, 3.8) is 0 Å². The van der Waals surface area contributed by atoms with Crippen LogP contribution in [0.25, 0.3) is 11.3 Å². The summed E-state index contributed by atoms with van der Waals surface area (Å²) in [5, 5.41) is 0. The van der Waals surface area contributed by atoms with Crippen LogP contribution in [0.2, 0.25) is 0 Å².